The third kappa shape index (κ3) is 4.15. The summed E-state index contributed by atoms with van der Waals surface area (Å²) in [5, 5.41) is 0. The quantitative estimate of drug-likeness (QED) is 0.776. The van der Waals surface area contributed by atoms with Gasteiger partial charge in [0.2, 0.25) is 0 Å². The van der Waals surface area contributed by atoms with E-state index < -0.39 is 10.2 Å². The van der Waals surface area contributed by atoms with Crippen LogP contribution in [0.2, 0.25) is 0 Å². The van der Waals surface area contributed by atoms with Crippen LogP contribution in [-0.2, 0) is 10.2 Å². The van der Waals surface area contributed by atoms with Gasteiger partial charge in [-0.15, -0.1) is 0 Å². The van der Waals surface area contributed by atoms with Gasteiger partial charge in [0, 0.05) is 39.3 Å². The zero-order valence-electron chi connectivity index (χ0n) is 16.3. The van der Waals surface area contributed by atoms with Crippen LogP contribution in [0, 0.1) is 0 Å². The Morgan fingerprint density at radius 2 is 1.07 bits per heavy atom. The molecule has 0 aliphatic carbocycles. The predicted octanol–water partition coefficient (Wildman–Crippen LogP) is 3.12. The summed E-state index contributed by atoms with van der Waals surface area (Å²) < 4.78 is 29.3. The fraction of sp³-hybridized carbons (Fsp3) is 0.455. The highest BCUT2D eigenvalue weighted by Crippen LogP contribution is 2.30. The molecular formula is C22H29N3O2S. The van der Waals surface area contributed by atoms with E-state index in [1.54, 1.807) is 8.61 Å². The third-order valence-electron chi connectivity index (χ3n) is 5.84. The van der Waals surface area contributed by atoms with E-state index in [0.717, 1.165) is 32.4 Å². The van der Waals surface area contributed by atoms with E-state index in [2.05, 4.69) is 53.4 Å². The van der Waals surface area contributed by atoms with Crippen molar-refractivity contribution in [1.82, 2.24) is 13.5 Å². The van der Waals surface area contributed by atoms with E-state index in [0.29, 0.717) is 26.2 Å². The molecule has 0 spiro atoms. The molecule has 0 aromatic heterocycles. The molecule has 0 bridgehead atoms. The molecule has 28 heavy (non-hydrogen) atoms. The third-order valence-corrected chi connectivity index (χ3v) is 7.87. The maximum absolute atomic E-state index is 13.0. The summed E-state index contributed by atoms with van der Waals surface area (Å²) in [5.74, 6) is 0. The molecule has 0 N–H and O–H groups in total. The van der Waals surface area contributed by atoms with Gasteiger partial charge in [-0.3, -0.25) is 4.90 Å². The lowest BCUT2D eigenvalue weighted by Crippen LogP contribution is -2.54. The maximum Gasteiger partial charge on any atom is 0.282 e. The second-order valence-corrected chi connectivity index (χ2v) is 9.55. The molecule has 2 aromatic carbocycles. The van der Waals surface area contributed by atoms with Crippen molar-refractivity contribution in [2.75, 3.05) is 39.3 Å². The zero-order valence-corrected chi connectivity index (χ0v) is 17.1. The molecule has 0 unspecified atom stereocenters. The van der Waals surface area contributed by atoms with E-state index in [1.807, 2.05) is 12.1 Å². The summed E-state index contributed by atoms with van der Waals surface area (Å²) >= 11 is 0. The Morgan fingerprint density at radius 3 is 1.57 bits per heavy atom. The predicted molar refractivity (Wildman–Crippen MR) is 112 cm³/mol. The summed E-state index contributed by atoms with van der Waals surface area (Å²) in [4.78, 5) is 2.41. The second kappa shape index (κ2) is 8.74. The van der Waals surface area contributed by atoms with Crippen molar-refractivity contribution in [2.45, 2.75) is 25.3 Å². The van der Waals surface area contributed by atoms with E-state index in [-0.39, 0.29) is 6.04 Å². The van der Waals surface area contributed by atoms with Crippen LogP contribution in [0.1, 0.15) is 36.4 Å². The van der Waals surface area contributed by atoms with Crippen LogP contribution in [-0.4, -0.2) is 61.2 Å². The van der Waals surface area contributed by atoms with Crippen molar-refractivity contribution in [3.63, 3.8) is 0 Å². The minimum absolute atomic E-state index is 0.155. The average Bonchev–Trinajstić information content (AvgIpc) is 2.76. The Labute approximate surface area is 168 Å². The first-order valence-electron chi connectivity index (χ1n) is 10.3. The van der Waals surface area contributed by atoms with Gasteiger partial charge < -0.3 is 0 Å². The SMILES string of the molecule is O=S(=O)(N1CCCCC1)N1CCN(C(c2ccccc2)c2ccccc2)CC1. The van der Waals surface area contributed by atoms with E-state index in [1.165, 1.54) is 11.1 Å². The van der Waals surface area contributed by atoms with E-state index in [9.17, 15) is 8.42 Å². The molecule has 0 atom stereocenters. The van der Waals surface area contributed by atoms with Gasteiger partial charge in [-0.1, -0.05) is 67.1 Å². The van der Waals surface area contributed by atoms with Crippen LogP contribution >= 0.6 is 0 Å². The lowest BCUT2D eigenvalue weighted by Gasteiger charge is -2.41. The lowest BCUT2D eigenvalue weighted by atomic mass is 9.96. The number of hydrogen-bond acceptors (Lipinski definition) is 3. The van der Waals surface area contributed by atoms with Crippen molar-refractivity contribution in [3.8, 4) is 0 Å². The van der Waals surface area contributed by atoms with Gasteiger partial charge in [0.15, 0.2) is 0 Å². The highest BCUT2D eigenvalue weighted by molar-refractivity contribution is 7.86. The molecule has 2 aromatic rings. The second-order valence-electron chi connectivity index (χ2n) is 7.63. The highest BCUT2D eigenvalue weighted by atomic mass is 32.2. The number of hydrogen-bond donors (Lipinski definition) is 0. The summed E-state index contributed by atoms with van der Waals surface area (Å²) in [7, 11) is -3.32. The van der Waals surface area contributed by atoms with Gasteiger partial charge in [-0.25, -0.2) is 0 Å². The first-order valence-corrected chi connectivity index (χ1v) is 11.6. The standard InChI is InChI=1S/C22H29N3O2S/c26-28(27,24-14-8-3-9-15-24)25-18-16-23(17-19-25)22(20-10-4-1-5-11-20)21-12-6-2-7-13-21/h1-2,4-7,10-13,22H,3,8-9,14-19H2. The Hall–Kier alpha value is -1.73. The zero-order chi connectivity index (χ0) is 19.4. The molecule has 6 heteroatoms. The lowest BCUT2D eigenvalue weighted by molar-refractivity contribution is 0.149. The van der Waals surface area contributed by atoms with Crippen LogP contribution in [0.3, 0.4) is 0 Å². The molecular weight excluding hydrogens is 370 g/mol. The molecule has 2 aliphatic rings. The first kappa shape index (κ1) is 19.6. The fourth-order valence-electron chi connectivity index (χ4n) is 4.34. The highest BCUT2D eigenvalue weighted by Gasteiger charge is 2.35. The van der Waals surface area contributed by atoms with Crippen LogP contribution in [0.25, 0.3) is 0 Å². The molecule has 0 radical (unpaired) electrons. The normalized spacial score (nSPS) is 20.5. The van der Waals surface area contributed by atoms with Gasteiger partial charge in [-0.05, 0) is 24.0 Å². The largest absolute Gasteiger partial charge is 0.290 e. The number of benzene rings is 2. The Balaban J connectivity index is 1.50. The molecule has 0 amide bonds. The molecule has 0 saturated carbocycles. The number of piperidine rings is 1. The molecule has 2 heterocycles. The summed E-state index contributed by atoms with van der Waals surface area (Å²) in [6.45, 7) is 3.91. The molecule has 2 aliphatic heterocycles. The number of piperazine rings is 1. The summed E-state index contributed by atoms with van der Waals surface area (Å²) in [5.41, 5.74) is 2.50. The fourth-order valence-corrected chi connectivity index (χ4v) is 6.01. The number of rotatable bonds is 5. The minimum atomic E-state index is -3.32. The minimum Gasteiger partial charge on any atom is -0.290 e. The van der Waals surface area contributed by atoms with Gasteiger partial charge in [-0.2, -0.15) is 17.0 Å². The Kier molecular flexibility index (Phi) is 6.11. The van der Waals surface area contributed by atoms with Gasteiger partial charge in [0.25, 0.3) is 10.2 Å². The number of nitrogens with zero attached hydrogens (tertiary/aromatic N) is 3. The van der Waals surface area contributed by atoms with Crippen molar-refractivity contribution >= 4 is 10.2 Å². The van der Waals surface area contributed by atoms with E-state index >= 15 is 0 Å². The van der Waals surface area contributed by atoms with Crippen molar-refractivity contribution in [1.29, 1.82) is 0 Å². The smallest absolute Gasteiger partial charge is 0.282 e. The van der Waals surface area contributed by atoms with Crippen molar-refractivity contribution < 1.29 is 8.42 Å². The van der Waals surface area contributed by atoms with Crippen LogP contribution in [0.4, 0.5) is 0 Å². The first-order chi connectivity index (χ1) is 13.7. The van der Waals surface area contributed by atoms with Gasteiger partial charge in [0.1, 0.15) is 0 Å². The average molecular weight is 400 g/mol. The summed E-state index contributed by atoms with van der Waals surface area (Å²) in [6, 6.07) is 21.2. The van der Waals surface area contributed by atoms with Crippen LogP contribution in [0.15, 0.2) is 60.7 Å². The van der Waals surface area contributed by atoms with Gasteiger partial charge >= 0.3 is 0 Å². The Morgan fingerprint density at radius 1 is 0.607 bits per heavy atom. The van der Waals surface area contributed by atoms with Crippen LogP contribution < -0.4 is 0 Å². The molecule has 2 fully saturated rings. The summed E-state index contributed by atoms with van der Waals surface area (Å²) in [6.07, 6.45) is 3.09. The van der Waals surface area contributed by atoms with Crippen LogP contribution in [0.5, 0.6) is 0 Å². The molecule has 4 rings (SSSR count). The molecule has 2 saturated heterocycles. The topological polar surface area (TPSA) is 43.9 Å². The maximum atomic E-state index is 13.0. The van der Waals surface area contributed by atoms with Crippen molar-refractivity contribution in [3.05, 3.63) is 71.8 Å². The van der Waals surface area contributed by atoms with E-state index in [4.69, 9.17) is 0 Å². The molecule has 150 valence electrons. The van der Waals surface area contributed by atoms with Crippen molar-refractivity contribution in [2.24, 2.45) is 0 Å². The van der Waals surface area contributed by atoms with Gasteiger partial charge in [0.05, 0.1) is 6.04 Å². The molecule has 5 nitrogen and oxygen atoms in total. The Bertz CT molecular complexity index is 804. The monoisotopic (exact) mass is 399 g/mol.